The number of rotatable bonds is 8. The van der Waals surface area contributed by atoms with Gasteiger partial charge < -0.3 is 0 Å². The maximum atomic E-state index is 13.5. The molecule has 0 saturated carbocycles. The molecule has 0 aliphatic carbocycles. The smallest absolute Gasteiger partial charge is 0.100 e. The molecule has 4 heteroatoms. The van der Waals surface area contributed by atoms with Crippen molar-refractivity contribution in [3.63, 3.8) is 0 Å². The molecule has 1 unspecified atom stereocenters. The van der Waals surface area contributed by atoms with Gasteiger partial charge in [-0.05, 0) is 36.8 Å². The van der Waals surface area contributed by atoms with Crippen molar-refractivity contribution >= 4 is 0 Å². The van der Waals surface area contributed by atoms with E-state index in [0.29, 0.717) is 19.4 Å². The second-order valence-corrected chi connectivity index (χ2v) is 4.07. The molecule has 0 amide bonds. The van der Waals surface area contributed by atoms with E-state index in [1.54, 1.807) is 0 Å². The monoisotopic (exact) mass is 235 g/mol. The van der Waals surface area contributed by atoms with Crippen LogP contribution in [0.2, 0.25) is 0 Å². The quantitative estimate of drug-likeness (QED) is 0.277. The molecule has 17 heavy (non-hydrogen) atoms. The maximum absolute atomic E-state index is 13.5. The van der Waals surface area contributed by atoms with Gasteiger partial charge in [-0.2, -0.15) is 0 Å². The molecule has 0 saturated heterocycles. The van der Waals surface area contributed by atoms with Crippen molar-refractivity contribution in [1.29, 1.82) is 0 Å². The van der Waals surface area contributed by atoms with Gasteiger partial charge in [0.15, 0.2) is 0 Å². The van der Waals surface area contributed by atoms with Gasteiger partial charge >= 0.3 is 0 Å². The number of halogens is 1. The highest BCUT2D eigenvalue weighted by atomic mass is 19.1. The lowest BCUT2D eigenvalue weighted by Gasteiger charge is -2.07. The Morgan fingerprint density at radius 1 is 1.18 bits per heavy atom. The molecule has 0 N–H and O–H groups in total. The third-order valence-electron chi connectivity index (χ3n) is 2.68. The molecule has 1 rings (SSSR count). The van der Waals surface area contributed by atoms with Crippen molar-refractivity contribution < 1.29 is 4.39 Å². The van der Waals surface area contributed by atoms with Gasteiger partial charge in [0, 0.05) is 11.5 Å². The van der Waals surface area contributed by atoms with Gasteiger partial charge in [0.2, 0.25) is 0 Å². The maximum Gasteiger partial charge on any atom is 0.100 e. The number of hydrogen-bond acceptors (Lipinski definition) is 1. The summed E-state index contributed by atoms with van der Waals surface area (Å²) in [6, 6.07) is 9.96. The summed E-state index contributed by atoms with van der Waals surface area (Å²) in [5.41, 5.74) is 9.25. The molecule has 0 aliphatic rings. The van der Waals surface area contributed by atoms with E-state index < -0.39 is 6.17 Å². The second kappa shape index (κ2) is 8.59. The molecule has 1 aromatic carbocycles. The van der Waals surface area contributed by atoms with E-state index in [4.69, 9.17) is 5.53 Å². The molecule has 0 spiro atoms. The third-order valence-corrected chi connectivity index (χ3v) is 2.68. The van der Waals surface area contributed by atoms with E-state index >= 15 is 0 Å². The zero-order valence-corrected chi connectivity index (χ0v) is 9.93. The lowest BCUT2D eigenvalue weighted by molar-refractivity contribution is 0.289. The number of nitrogens with zero attached hydrogens (tertiary/aromatic N) is 3. The summed E-state index contributed by atoms with van der Waals surface area (Å²) in [5, 5.41) is 3.42. The number of alkyl halides is 1. The Balaban J connectivity index is 2.09. The highest BCUT2D eigenvalue weighted by Gasteiger charge is 2.06. The first-order chi connectivity index (χ1) is 8.33. The normalized spacial score (nSPS) is 11.8. The molecule has 0 heterocycles. The van der Waals surface area contributed by atoms with Crippen LogP contribution in [0.25, 0.3) is 10.4 Å². The van der Waals surface area contributed by atoms with Gasteiger partial charge in [-0.3, -0.25) is 0 Å². The Morgan fingerprint density at radius 2 is 1.94 bits per heavy atom. The summed E-state index contributed by atoms with van der Waals surface area (Å²) in [4.78, 5) is 2.66. The van der Waals surface area contributed by atoms with Gasteiger partial charge in [0.1, 0.15) is 6.17 Å². The molecule has 0 bridgehead atoms. The molecule has 3 nitrogen and oxygen atoms in total. The molecule has 0 fully saturated rings. The second-order valence-electron chi connectivity index (χ2n) is 4.07. The first kappa shape index (κ1) is 13.5. The Hall–Kier alpha value is -1.54. The van der Waals surface area contributed by atoms with Crippen LogP contribution in [-0.2, 0) is 6.42 Å². The fourth-order valence-electron chi connectivity index (χ4n) is 1.71. The standard InChI is InChI=1S/C13H18FN3/c14-13(8-4-5-11-16-17-15)10-9-12-6-2-1-3-7-12/h1-3,6-7,13H,4-5,8-11H2. The summed E-state index contributed by atoms with van der Waals surface area (Å²) >= 11 is 0. The lowest BCUT2D eigenvalue weighted by Crippen LogP contribution is -2.02. The van der Waals surface area contributed by atoms with E-state index in [1.807, 2.05) is 30.3 Å². The van der Waals surface area contributed by atoms with Crippen LogP contribution in [-0.4, -0.2) is 12.7 Å². The zero-order chi connectivity index (χ0) is 12.3. The predicted octanol–water partition coefficient (Wildman–Crippen LogP) is 4.44. The molecule has 92 valence electrons. The minimum absolute atomic E-state index is 0.474. The van der Waals surface area contributed by atoms with Crippen molar-refractivity contribution in [3.05, 3.63) is 46.3 Å². The molecule has 1 aromatic rings. The average Bonchev–Trinajstić information content (AvgIpc) is 2.37. The van der Waals surface area contributed by atoms with Crippen LogP contribution < -0.4 is 0 Å². The fraction of sp³-hybridized carbons (Fsp3) is 0.538. The Labute approximate surface area is 101 Å². The number of azide groups is 1. The molecule has 1 atom stereocenters. The SMILES string of the molecule is [N-]=[N+]=NCCCCC(F)CCc1ccccc1. The molecule has 0 radical (unpaired) electrons. The minimum Gasteiger partial charge on any atom is -0.247 e. The van der Waals surface area contributed by atoms with E-state index in [1.165, 1.54) is 5.56 Å². The Bertz CT molecular complexity index is 347. The number of aryl methyl sites for hydroxylation is 1. The van der Waals surface area contributed by atoms with Crippen molar-refractivity contribution in [2.75, 3.05) is 6.54 Å². The Kier molecular flexibility index (Phi) is 6.84. The Morgan fingerprint density at radius 3 is 2.65 bits per heavy atom. The van der Waals surface area contributed by atoms with E-state index in [2.05, 4.69) is 10.0 Å². The zero-order valence-electron chi connectivity index (χ0n) is 9.93. The average molecular weight is 235 g/mol. The third kappa shape index (κ3) is 6.59. The summed E-state index contributed by atoms with van der Waals surface area (Å²) in [6.07, 6.45) is 2.74. The molecule has 0 aliphatic heterocycles. The van der Waals surface area contributed by atoms with Crippen LogP contribution >= 0.6 is 0 Å². The molecular weight excluding hydrogens is 217 g/mol. The van der Waals surface area contributed by atoms with Crippen LogP contribution in [0.3, 0.4) is 0 Å². The number of benzene rings is 1. The summed E-state index contributed by atoms with van der Waals surface area (Å²) in [6.45, 7) is 0.474. The predicted molar refractivity (Wildman–Crippen MR) is 67.5 cm³/mol. The first-order valence-corrected chi connectivity index (χ1v) is 6.02. The van der Waals surface area contributed by atoms with Gasteiger partial charge in [0.25, 0.3) is 0 Å². The molecular formula is C13H18FN3. The van der Waals surface area contributed by atoms with Crippen LogP contribution in [0, 0.1) is 0 Å². The lowest BCUT2D eigenvalue weighted by atomic mass is 10.0. The van der Waals surface area contributed by atoms with Crippen LogP contribution in [0.15, 0.2) is 35.4 Å². The summed E-state index contributed by atoms with van der Waals surface area (Å²) in [7, 11) is 0. The van der Waals surface area contributed by atoms with Crippen LogP contribution in [0.1, 0.15) is 31.2 Å². The van der Waals surface area contributed by atoms with Crippen LogP contribution in [0.5, 0.6) is 0 Å². The summed E-state index contributed by atoms with van der Waals surface area (Å²) in [5.74, 6) is 0. The van der Waals surface area contributed by atoms with E-state index in [-0.39, 0.29) is 0 Å². The summed E-state index contributed by atoms with van der Waals surface area (Å²) < 4.78 is 13.5. The van der Waals surface area contributed by atoms with Crippen molar-refractivity contribution in [3.8, 4) is 0 Å². The van der Waals surface area contributed by atoms with E-state index in [9.17, 15) is 4.39 Å². The van der Waals surface area contributed by atoms with Gasteiger partial charge in [-0.15, -0.1) is 0 Å². The highest BCUT2D eigenvalue weighted by molar-refractivity contribution is 5.14. The van der Waals surface area contributed by atoms with Crippen molar-refractivity contribution in [1.82, 2.24) is 0 Å². The van der Waals surface area contributed by atoms with Gasteiger partial charge in [-0.25, -0.2) is 4.39 Å². The largest absolute Gasteiger partial charge is 0.247 e. The van der Waals surface area contributed by atoms with Gasteiger partial charge in [0.05, 0.1) is 0 Å². The van der Waals surface area contributed by atoms with Crippen LogP contribution in [0.4, 0.5) is 4.39 Å². The minimum atomic E-state index is -0.749. The molecule has 0 aromatic heterocycles. The van der Waals surface area contributed by atoms with Crippen molar-refractivity contribution in [2.45, 2.75) is 38.3 Å². The van der Waals surface area contributed by atoms with Gasteiger partial charge in [-0.1, -0.05) is 41.9 Å². The highest BCUT2D eigenvalue weighted by Crippen LogP contribution is 2.12. The fourth-order valence-corrected chi connectivity index (χ4v) is 1.71. The number of unbranched alkanes of at least 4 members (excludes halogenated alkanes) is 1. The topological polar surface area (TPSA) is 48.8 Å². The number of hydrogen-bond donors (Lipinski definition) is 0. The van der Waals surface area contributed by atoms with Crippen molar-refractivity contribution in [2.24, 2.45) is 5.11 Å². The van der Waals surface area contributed by atoms with E-state index in [0.717, 1.165) is 19.3 Å². The first-order valence-electron chi connectivity index (χ1n) is 6.02.